The number of fused-ring (bicyclic) bond motifs is 1. The molecule has 0 fully saturated rings. The van der Waals surface area contributed by atoms with Crippen molar-refractivity contribution in [2.45, 2.75) is 73.0 Å². The molecule has 1 atom stereocenters. The molecule has 0 aliphatic carbocycles. The molecule has 196 valence electrons. The van der Waals surface area contributed by atoms with Crippen molar-refractivity contribution in [2.24, 2.45) is 0 Å². The number of benzene rings is 1. The van der Waals surface area contributed by atoms with Crippen molar-refractivity contribution in [1.29, 1.82) is 0 Å². The molecule has 1 aliphatic heterocycles. The maximum atomic E-state index is 14.6. The van der Waals surface area contributed by atoms with Gasteiger partial charge in [0.2, 0.25) is 0 Å². The number of nitrogens with zero attached hydrogens (tertiary/aromatic N) is 4. The number of carbonyl (C=O) groups excluding carboxylic acids is 1. The predicted molar refractivity (Wildman–Crippen MR) is 143 cm³/mol. The summed E-state index contributed by atoms with van der Waals surface area (Å²) in [5.41, 5.74) is 3.14. The summed E-state index contributed by atoms with van der Waals surface area (Å²) in [7, 11) is 0. The van der Waals surface area contributed by atoms with Crippen LogP contribution < -0.4 is 5.32 Å². The molecular weight excluding hydrogens is 457 g/mol. The highest BCUT2D eigenvalue weighted by Gasteiger charge is 2.22. The Morgan fingerprint density at radius 2 is 1.97 bits per heavy atom. The van der Waals surface area contributed by atoms with Crippen LogP contribution in [0.3, 0.4) is 0 Å². The van der Waals surface area contributed by atoms with Gasteiger partial charge in [-0.1, -0.05) is 39.0 Å². The Morgan fingerprint density at radius 1 is 1.28 bits per heavy atom. The summed E-state index contributed by atoms with van der Waals surface area (Å²) >= 11 is 0. The maximum absolute atomic E-state index is 14.6. The van der Waals surface area contributed by atoms with Gasteiger partial charge < -0.3 is 15.0 Å². The molecule has 0 bridgehead atoms. The first-order valence-electron chi connectivity index (χ1n) is 12.5. The van der Waals surface area contributed by atoms with Gasteiger partial charge in [0, 0.05) is 24.8 Å². The number of aromatic nitrogens is 3. The van der Waals surface area contributed by atoms with Gasteiger partial charge in [-0.05, 0) is 69.0 Å². The molecule has 2 N–H and O–H groups in total. The largest absolute Gasteiger partial charge is 0.394 e. The molecule has 1 amide bonds. The van der Waals surface area contributed by atoms with E-state index < -0.39 is 11.7 Å². The van der Waals surface area contributed by atoms with E-state index in [0.717, 1.165) is 29.7 Å². The number of hydrogen-bond donors (Lipinski definition) is 2. The zero-order valence-corrected chi connectivity index (χ0v) is 22.4. The van der Waals surface area contributed by atoms with Gasteiger partial charge in [-0.2, -0.15) is 0 Å². The fourth-order valence-corrected chi connectivity index (χ4v) is 3.79. The molecule has 2 aromatic rings. The average molecular weight is 498 g/mol. The van der Waals surface area contributed by atoms with Crippen molar-refractivity contribution in [3.8, 4) is 0 Å². The smallest absolute Gasteiger partial charge is 0.258 e. The molecule has 0 saturated heterocycles. The number of carbonyl (C=O) groups is 1. The number of aliphatic hydroxyl groups is 1. The van der Waals surface area contributed by atoms with Crippen molar-refractivity contribution < 1.29 is 14.3 Å². The van der Waals surface area contributed by atoms with Crippen LogP contribution in [0, 0.1) is 5.82 Å². The lowest BCUT2D eigenvalue weighted by Crippen LogP contribution is -2.36. The van der Waals surface area contributed by atoms with Crippen molar-refractivity contribution in [2.75, 3.05) is 13.2 Å². The second kappa shape index (κ2) is 13.8. The number of rotatable bonds is 8. The number of amides is 1. The molecule has 8 heteroatoms. The van der Waals surface area contributed by atoms with Gasteiger partial charge in [0.05, 0.1) is 18.2 Å². The lowest BCUT2D eigenvalue weighted by atomic mass is 9.96. The summed E-state index contributed by atoms with van der Waals surface area (Å²) < 4.78 is 16.4. The number of hydrogen-bond acceptors (Lipinski definition) is 5. The SMILES string of the molecule is C=C(/C=C\C=C(/C)c1nncn1C(C)CO)NC(=O)c1cc2c(cc1F)CCN(C(C)C)C2.CCC. The minimum atomic E-state index is -0.524. The molecule has 2 heterocycles. The van der Waals surface area contributed by atoms with E-state index in [4.69, 9.17) is 0 Å². The fraction of sp³-hybridized carbons (Fsp3) is 0.464. The van der Waals surface area contributed by atoms with Crippen molar-refractivity contribution in [3.63, 3.8) is 0 Å². The molecular formula is C28H40FN5O2. The standard InChI is InChI=1S/C25H32FN5O2.C3H8/c1-16(2)30-10-9-20-12-23(26)22(11-21(20)13-30)25(33)28-18(4)8-6-7-17(3)24-29-27-15-31(24)19(5)14-32;1-3-2/h6-8,11-12,15-16,19,32H,4,9-10,13-14H2,1-3,5H3,(H,28,33);3H2,1-2H3/b8-6-,17-7+;. The van der Waals surface area contributed by atoms with E-state index in [-0.39, 0.29) is 18.2 Å². The maximum Gasteiger partial charge on any atom is 0.258 e. The van der Waals surface area contributed by atoms with Crippen LogP contribution in [0.25, 0.3) is 5.57 Å². The van der Waals surface area contributed by atoms with Gasteiger partial charge in [0.15, 0.2) is 5.82 Å². The molecule has 0 saturated carbocycles. The van der Waals surface area contributed by atoms with Crippen LogP contribution in [0.4, 0.5) is 4.39 Å². The van der Waals surface area contributed by atoms with Crippen molar-refractivity contribution in [1.82, 2.24) is 25.0 Å². The molecule has 1 aliphatic rings. The third-order valence-electron chi connectivity index (χ3n) is 5.89. The normalized spacial score (nSPS) is 14.9. The molecule has 1 aromatic heterocycles. The Bertz CT molecular complexity index is 1100. The van der Waals surface area contributed by atoms with Crippen LogP contribution in [0.15, 0.2) is 49.0 Å². The third kappa shape index (κ3) is 7.70. The number of aliphatic hydroxyl groups excluding tert-OH is 1. The average Bonchev–Trinajstić information content (AvgIpc) is 3.33. The lowest BCUT2D eigenvalue weighted by molar-refractivity contribution is 0.0963. The molecule has 1 aromatic carbocycles. The van der Waals surface area contributed by atoms with E-state index in [1.54, 1.807) is 29.1 Å². The Labute approximate surface area is 214 Å². The quantitative estimate of drug-likeness (QED) is 0.499. The first-order valence-corrected chi connectivity index (χ1v) is 12.5. The van der Waals surface area contributed by atoms with E-state index >= 15 is 0 Å². The van der Waals surface area contributed by atoms with E-state index in [2.05, 4.69) is 54.7 Å². The monoisotopic (exact) mass is 497 g/mol. The van der Waals surface area contributed by atoms with Crippen molar-refractivity contribution in [3.05, 3.63) is 77.3 Å². The van der Waals surface area contributed by atoms with Crippen LogP contribution in [-0.2, 0) is 13.0 Å². The third-order valence-corrected chi connectivity index (χ3v) is 5.89. The van der Waals surface area contributed by atoms with Crippen LogP contribution in [0.5, 0.6) is 0 Å². The van der Waals surface area contributed by atoms with E-state index in [1.165, 1.54) is 12.5 Å². The topological polar surface area (TPSA) is 83.3 Å². The minimum Gasteiger partial charge on any atom is -0.394 e. The van der Waals surface area contributed by atoms with Gasteiger partial charge in [-0.3, -0.25) is 9.69 Å². The van der Waals surface area contributed by atoms with Gasteiger partial charge in [-0.25, -0.2) is 4.39 Å². The van der Waals surface area contributed by atoms with Crippen LogP contribution in [-0.4, -0.2) is 49.9 Å². The second-order valence-corrected chi connectivity index (χ2v) is 9.40. The number of nitrogens with one attached hydrogen (secondary N) is 1. The van der Waals surface area contributed by atoms with Crippen molar-refractivity contribution >= 4 is 11.5 Å². The van der Waals surface area contributed by atoms with Crippen LogP contribution in [0.2, 0.25) is 0 Å². The minimum absolute atomic E-state index is 0.0201. The van der Waals surface area contributed by atoms with E-state index in [1.807, 2.05) is 19.9 Å². The predicted octanol–water partition coefficient (Wildman–Crippen LogP) is 5.06. The Hall–Kier alpha value is -3.10. The molecule has 1 unspecified atom stereocenters. The zero-order valence-electron chi connectivity index (χ0n) is 22.4. The lowest BCUT2D eigenvalue weighted by Gasteiger charge is -2.32. The summed E-state index contributed by atoms with van der Waals surface area (Å²) in [6.45, 7) is 17.7. The highest BCUT2D eigenvalue weighted by molar-refractivity contribution is 5.96. The Balaban J connectivity index is 0.00000145. The van der Waals surface area contributed by atoms with Crippen LogP contribution >= 0.6 is 0 Å². The van der Waals surface area contributed by atoms with Gasteiger partial charge in [0.25, 0.3) is 5.91 Å². The summed E-state index contributed by atoms with van der Waals surface area (Å²) in [6, 6.07) is 3.39. The molecule has 0 spiro atoms. The molecule has 3 rings (SSSR count). The summed E-state index contributed by atoms with van der Waals surface area (Å²) in [6.07, 6.45) is 8.77. The van der Waals surface area contributed by atoms with Crippen LogP contribution in [0.1, 0.15) is 81.3 Å². The number of allylic oxidation sites excluding steroid dienone is 4. The van der Waals surface area contributed by atoms with Gasteiger partial charge in [-0.15, -0.1) is 10.2 Å². The highest BCUT2D eigenvalue weighted by Crippen LogP contribution is 2.24. The molecule has 7 nitrogen and oxygen atoms in total. The summed E-state index contributed by atoms with van der Waals surface area (Å²) in [4.78, 5) is 15.0. The summed E-state index contributed by atoms with van der Waals surface area (Å²) in [5, 5.41) is 20.0. The first kappa shape index (κ1) is 29.1. The fourth-order valence-electron chi connectivity index (χ4n) is 3.79. The molecule has 0 radical (unpaired) electrons. The van der Waals surface area contributed by atoms with Gasteiger partial charge in [0.1, 0.15) is 12.1 Å². The molecule has 36 heavy (non-hydrogen) atoms. The van der Waals surface area contributed by atoms with Gasteiger partial charge >= 0.3 is 0 Å². The number of halogens is 1. The zero-order chi connectivity index (χ0) is 26.8. The van der Waals surface area contributed by atoms with E-state index in [0.29, 0.717) is 24.1 Å². The second-order valence-electron chi connectivity index (χ2n) is 9.40. The Morgan fingerprint density at radius 3 is 2.61 bits per heavy atom. The first-order chi connectivity index (χ1) is 17.1. The summed E-state index contributed by atoms with van der Waals surface area (Å²) in [5.74, 6) is -0.402. The van der Waals surface area contributed by atoms with E-state index in [9.17, 15) is 14.3 Å². The Kier molecular flexibility index (Phi) is 11.2. The highest BCUT2D eigenvalue weighted by atomic mass is 19.1.